The van der Waals surface area contributed by atoms with Crippen molar-refractivity contribution >= 4 is 11.6 Å². The number of nitrogens with one attached hydrogen (secondary N) is 1. The number of benzene rings is 1. The molecule has 1 aromatic carbocycles. The van der Waals surface area contributed by atoms with Crippen molar-refractivity contribution < 1.29 is 4.39 Å². The third-order valence-electron chi connectivity index (χ3n) is 3.02. The summed E-state index contributed by atoms with van der Waals surface area (Å²) in [6, 6.07) is 5.05. The zero-order chi connectivity index (χ0) is 14.5. The fraction of sp³-hybridized carbons (Fsp3) is 0.625. The van der Waals surface area contributed by atoms with Crippen molar-refractivity contribution in [1.29, 1.82) is 0 Å². The molecule has 108 valence electrons. The van der Waals surface area contributed by atoms with Gasteiger partial charge in [-0.1, -0.05) is 45.4 Å². The molecule has 0 heterocycles. The maximum Gasteiger partial charge on any atom is 0.124 e. The van der Waals surface area contributed by atoms with Crippen LogP contribution in [0.1, 0.15) is 46.1 Å². The lowest BCUT2D eigenvalue weighted by atomic mass is 9.86. The summed E-state index contributed by atoms with van der Waals surface area (Å²) in [5.41, 5.74) is 1.28. The van der Waals surface area contributed by atoms with Gasteiger partial charge >= 0.3 is 0 Å². The minimum atomic E-state index is -0.275. The summed E-state index contributed by atoms with van der Waals surface area (Å²) in [6.45, 7) is 9.87. The molecule has 0 saturated heterocycles. The predicted octanol–water partition coefficient (Wildman–Crippen LogP) is 4.83. The minimum absolute atomic E-state index is 0.262. The molecule has 1 rings (SSSR count). The first-order chi connectivity index (χ1) is 8.81. The molecule has 3 heteroatoms. The second-order valence-corrected chi connectivity index (χ2v) is 6.76. The number of hydrogen-bond donors (Lipinski definition) is 1. The van der Waals surface area contributed by atoms with Crippen LogP contribution >= 0.6 is 11.6 Å². The van der Waals surface area contributed by atoms with Gasteiger partial charge in [-0.2, -0.15) is 0 Å². The molecule has 0 aliphatic heterocycles. The second kappa shape index (κ2) is 7.25. The summed E-state index contributed by atoms with van der Waals surface area (Å²) >= 11 is 6.11. The molecule has 0 aromatic heterocycles. The largest absolute Gasteiger partial charge is 0.314 e. The van der Waals surface area contributed by atoms with Crippen LogP contribution in [0.4, 0.5) is 4.39 Å². The first-order valence-electron chi connectivity index (χ1n) is 6.99. The molecular formula is C16H25ClFN. The predicted molar refractivity (Wildman–Crippen MR) is 81.3 cm³/mol. The highest BCUT2D eigenvalue weighted by atomic mass is 35.5. The van der Waals surface area contributed by atoms with Gasteiger partial charge in [0.15, 0.2) is 0 Å². The van der Waals surface area contributed by atoms with E-state index in [-0.39, 0.29) is 11.2 Å². The van der Waals surface area contributed by atoms with Crippen LogP contribution in [0.5, 0.6) is 0 Å². The molecule has 1 atom stereocenters. The van der Waals surface area contributed by atoms with Crippen molar-refractivity contribution in [2.45, 2.75) is 53.0 Å². The zero-order valence-electron chi connectivity index (χ0n) is 12.4. The molecule has 0 radical (unpaired) electrons. The molecule has 0 bridgehead atoms. The SMILES string of the molecule is CCCNC(Cc1ccc(F)cc1Cl)CC(C)(C)C. The van der Waals surface area contributed by atoms with E-state index in [0.29, 0.717) is 11.1 Å². The van der Waals surface area contributed by atoms with Crippen molar-refractivity contribution in [3.05, 3.63) is 34.6 Å². The Labute approximate surface area is 121 Å². The fourth-order valence-electron chi connectivity index (χ4n) is 2.26. The third kappa shape index (κ3) is 6.40. The Hall–Kier alpha value is -0.600. The van der Waals surface area contributed by atoms with E-state index in [2.05, 4.69) is 33.0 Å². The van der Waals surface area contributed by atoms with Crippen LogP contribution in [0.25, 0.3) is 0 Å². The lowest BCUT2D eigenvalue weighted by Crippen LogP contribution is -2.35. The normalized spacial score (nSPS) is 13.6. The van der Waals surface area contributed by atoms with E-state index in [1.165, 1.54) is 12.1 Å². The molecule has 0 aliphatic rings. The van der Waals surface area contributed by atoms with Gasteiger partial charge in [0.2, 0.25) is 0 Å². The Kier molecular flexibility index (Phi) is 6.28. The van der Waals surface area contributed by atoms with Crippen molar-refractivity contribution in [2.75, 3.05) is 6.54 Å². The molecule has 1 aromatic rings. The second-order valence-electron chi connectivity index (χ2n) is 6.36. The van der Waals surface area contributed by atoms with Crippen LogP contribution in [-0.2, 0) is 6.42 Å². The van der Waals surface area contributed by atoms with Crippen molar-refractivity contribution in [1.82, 2.24) is 5.32 Å². The van der Waals surface area contributed by atoms with Crippen LogP contribution in [0, 0.1) is 11.2 Å². The van der Waals surface area contributed by atoms with E-state index in [1.807, 2.05) is 0 Å². The highest BCUT2D eigenvalue weighted by Gasteiger charge is 2.19. The molecule has 0 saturated carbocycles. The van der Waals surface area contributed by atoms with Crippen LogP contribution in [0.15, 0.2) is 18.2 Å². The maximum atomic E-state index is 13.1. The molecule has 0 spiro atoms. The van der Waals surface area contributed by atoms with Gasteiger partial charge in [0.05, 0.1) is 0 Å². The summed E-state index contributed by atoms with van der Waals surface area (Å²) in [5, 5.41) is 4.09. The molecule has 0 amide bonds. The standard InChI is InChI=1S/C16H25ClFN/c1-5-8-19-14(11-16(2,3)4)9-12-6-7-13(18)10-15(12)17/h6-7,10,14,19H,5,8-9,11H2,1-4H3. The molecule has 1 unspecified atom stereocenters. The lowest BCUT2D eigenvalue weighted by Gasteiger charge is -2.27. The van der Waals surface area contributed by atoms with Gasteiger partial charge in [0.25, 0.3) is 0 Å². The summed E-state index contributed by atoms with van der Waals surface area (Å²) in [4.78, 5) is 0. The van der Waals surface area contributed by atoms with Gasteiger partial charge < -0.3 is 5.32 Å². The maximum absolute atomic E-state index is 13.1. The Morgan fingerprint density at radius 1 is 1.32 bits per heavy atom. The number of rotatable bonds is 6. The molecule has 1 N–H and O–H groups in total. The average Bonchev–Trinajstić information content (AvgIpc) is 2.27. The van der Waals surface area contributed by atoms with Crippen LogP contribution in [0.3, 0.4) is 0 Å². The van der Waals surface area contributed by atoms with Crippen molar-refractivity contribution in [2.24, 2.45) is 5.41 Å². The van der Waals surface area contributed by atoms with Gasteiger partial charge in [-0.3, -0.25) is 0 Å². The van der Waals surface area contributed by atoms with Gasteiger partial charge in [-0.25, -0.2) is 4.39 Å². The van der Waals surface area contributed by atoms with Gasteiger partial charge in [0.1, 0.15) is 5.82 Å². The van der Waals surface area contributed by atoms with Gasteiger partial charge in [0, 0.05) is 11.1 Å². The van der Waals surface area contributed by atoms with E-state index in [4.69, 9.17) is 11.6 Å². The van der Waals surface area contributed by atoms with E-state index in [9.17, 15) is 4.39 Å². The van der Waals surface area contributed by atoms with Crippen molar-refractivity contribution in [3.8, 4) is 0 Å². The van der Waals surface area contributed by atoms with E-state index in [1.54, 1.807) is 6.07 Å². The van der Waals surface area contributed by atoms with Crippen LogP contribution in [-0.4, -0.2) is 12.6 Å². The summed E-state index contributed by atoms with van der Waals surface area (Å²) in [5.74, 6) is -0.275. The monoisotopic (exact) mass is 285 g/mol. The quantitative estimate of drug-likeness (QED) is 0.790. The van der Waals surface area contributed by atoms with Crippen LogP contribution in [0.2, 0.25) is 5.02 Å². The Balaban J connectivity index is 2.75. The number of halogens is 2. The fourth-order valence-corrected chi connectivity index (χ4v) is 2.50. The smallest absolute Gasteiger partial charge is 0.124 e. The highest BCUT2D eigenvalue weighted by Crippen LogP contribution is 2.25. The molecule has 19 heavy (non-hydrogen) atoms. The van der Waals surface area contributed by atoms with Gasteiger partial charge in [-0.15, -0.1) is 0 Å². The van der Waals surface area contributed by atoms with Gasteiger partial charge in [-0.05, 0) is 48.9 Å². The minimum Gasteiger partial charge on any atom is -0.314 e. The Bertz CT molecular complexity index is 398. The highest BCUT2D eigenvalue weighted by molar-refractivity contribution is 6.31. The summed E-state index contributed by atoms with van der Waals surface area (Å²) < 4.78 is 13.1. The average molecular weight is 286 g/mol. The van der Waals surface area contributed by atoms with Crippen molar-refractivity contribution in [3.63, 3.8) is 0 Å². The van der Waals surface area contributed by atoms with E-state index in [0.717, 1.165) is 31.4 Å². The van der Waals surface area contributed by atoms with E-state index < -0.39 is 0 Å². The Morgan fingerprint density at radius 3 is 2.53 bits per heavy atom. The molecule has 0 aliphatic carbocycles. The number of hydrogen-bond acceptors (Lipinski definition) is 1. The summed E-state index contributed by atoms with van der Waals surface area (Å²) in [7, 11) is 0. The zero-order valence-corrected chi connectivity index (χ0v) is 13.1. The first kappa shape index (κ1) is 16.5. The lowest BCUT2D eigenvalue weighted by molar-refractivity contribution is 0.306. The van der Waals surface area contributed by atoms with E-state index >= 15 is 0 Å². The topological polar surface area (TPSA) is 12.0 Å². The first-order valence-corrected chi connectivity index (χ1v) is 7.37. The molecular weight excluding hydrogens is 261 g/mol. The molecule has 0 fully saturated rings. The summed E-state index contributed by atoms with van der Waals surface area (Å²) in [6.07, 6.45) is 3.02. The molecule has 1 nitrogen and oxygen atoms in total. The third-order valence-corrected chi connectivity index (χ3v) is 3.38. The van der Waals surface area contributed by atoms with Crippen LogP contribution < -0.4 is 5.32 Å². The Morgan fingerprint density at radius 2 is 2.00 bits per heavy atom.